The molecule has 200 valence electrons. The molecular formula is C28H31ClN4O5. The lowest BCUT2D eigenvalue weighted by Gasteiger charge is -2.21. The fraction of sp³-hybridized carbons (Fsp3) is 0.286. The molecule has 9 nitrogen and oxygen atoms in total. The van der Waals surface area contributed by atoms with Crippen molar-refractivity contribution in [3.8, 4) is 11.5 Å². The van der Waals surface area contributed by atoms with Gasteiger partial charge in [-0.2, -0.15) is 0 Å². The highest BCUT2D eigenvalue weighted by atomic mass is 35.5. The number of carbonyl (C=O) groups is 2. The van der Waals surface area contributed by atoms with Gasteiger partial charge < -0.3 is 19.9 Å². The number of aliphatic hydroxyl groups excluding tert-OH is 1. The number of hydrogen-bond donors (Lipinski definition) is 4. The predicted octanol–water partition coefficient (Wildman–Crippen LogP) is 3.11. The van der Waals surface area contributed by atoms with Gasteiger partial charge in [-0.25, -0.2) is 0 Å². The fourth-order valence-corrected chi connectivity index (χ4v) is 4.16. The fourth-order valence-electron chi connectivity index (χ4n) is 4.03. The smallest absolute Gasteiger partial charge is 0.257 e. The summed E-state index contributed by atoms with van der Waals surface area (Å²) in [6, 6.07) is 23.0. The molecule has 0 aliphatic carbocycles. The standard InChI is InChI=1S/C28H31ClN4O5/c29-21-10-12-23(13-11-21)38-24-14-15-33(18-24)17-22(34)19-37-26-9-5-4-8-25(26)31-32-27(35)16-30-28(36)20-6-2-1-3-7-20/h1-13,22,24,31,34H,14-19H2,(H,30,36)(H,32,35). The molecule has 0 aromatic heterocycles. The number of halogens is 1. The number of amides is 2. The summed E-state index contributed by atoms with van der Waals surface area (Å²) in [6.45, 7) is 1.87. The monoisotopic (exact) mass is 538 g/mol. The average Bonchev–Trinajstić information content (AvgIpc) is 3.37. The van der Waals surface area contributed by atoms with Crippen LogP contribution in [0.3, 0.4) is 0 Å². The van der Waals surface area contributed by atoms with Crippen LogP contribution in [-0.2, 0) is 4.79 Å². The minimum Gasteiger partial charge on any atom is -0.489 e. The van der Waals surface area contributed by atoms with Gasteiger partial charge in [-0.3, -0.25) is 25.3 Å². The summed E-state index contributed by atoms with van der Waals surface area (Å²) in [6.07, 6.45) is 0.212. The number of benzene rings is 3. The van der Waals surface area contributed by atoms with Crippen LogP contribution in [0, 0.1) is 0 Å². The second-order valence-electron chi connectivity index (χ2n) is 8.92. The molecule has 4 rings (SSSR count). The number of hydrazine groups is 1. The Morgan fingerprint density at radius 2 is 1.76 bits per heavy atom. The Morgan fingerprint density at radius 3 is 2.55 bits per heavy atom. The Balaban J connectivity index is 1.17. The highest BCUT2D eigenvalue weighted by Gasteiger charge is 2.26. The molecule has 0 saturated carbocycles. The summed E-state index contributed by atoms with van der Waals surface area (Å²) in [5, 5.41) is 13.8. The van der Waals surface area contributed by atoms with Gasteiger partial charge >= 0.3 is 0 Å². The first-order valence-electron chi connectivity index (χ1n) is 12.4. The molecule has 4 N–H and O–H groups in total. The van der Waals surface area contributed by atoms with Gasteiger partial charge in [0.1, 0.15) is 30.3 Å². The molecule has 1 heterocycles. The molecule has 3 aromatic carbocycles. The zero-order valence-electron chi connectivity index (χ0n) is 20.8. The summed E-state index contributed by atoms with van der Waals surface area (Å²) in [5.41, 5.74) is 6.36. The van der Waals surface area contributed by atoms with E-state index in [2.05, 4.69) is 21.1 Å². The molecular weight excluding hydrogens is 508 g/mol. The van der Waals surface area contributed by atoms with Crippen molar-refractivity contribution in [2.45, 2.75) is 18.6 Å². The third-order valence-electron chi connectivity index (χ3n) is 5.91. The Bertz CT molecular complexity index is 1200. The maximum absolute atomic E-state index is 12.2. The third kappa shape index (κ3) is 8.37. The summed E-state index contributed by atoms with van der Waals surface area (Å²) < 4.78 is 11.8. The van der Waals surface area contributed by atoms with Gasteiger partial charge in [-0.15, -0.1) is 0 Å². The van der Waals surface area contributed by atoms with Crippen molar-refractivity contribution in [1.29, 1.82) is 0 Å². The Kier molecular flexibility index (Phi) is 9.80. The first kappa shape index (κ1) is 27.3. The van der Waals surface area contributed by atoms with Crippen LogP contribution >= 0.6 is 11.6 Å². The SMILES string of the molecule is O=C(CNC(=O)c1ccccc1)NNc1ccccc1OCC(O)CN1CCC(Oc2ccc(Cl)cc2)C1. The van der Waals surface area contributed by atoms with E-state index in [4.69, 9.17) is 21.1 Å². The number of aliphatic hydroxyl groups is 1. The summed E-state index contributed by atoms with van der Waals surface area (Å²) in [7, 11) is 0. The number of para-hydroxylation sites is 2. The maximum Gasteiger partial charge on any atom is 0.257 e. The second-order valence-corrected chi connectivity index (χ2v) is 9.36. The number of rotatable bonds is 12. The largest absolute Gasteiger partial charge is 0.489 e. The highest BCUT2D eigenvalue weighted by Crippen LogP contribution is 2.24. The Hall–Kier alpha value is -3.79. The maximum atomic E-state index is 12.2. The summed E-state index contributed by atoms with van der Waals surface area (Å²) in [5.74, 6) is 0.498. The number of β-amino-alcohol motifs (C(OH)–C–C–N with tert-alkyl or cyclic N) is 1. The van der Waals surface area contributed by atoms with Crippen molar-refractivity contribution in [3.63, 3.8) is 0 Å². The molecule has 1 aliphatic rings. The highest BCUT2D eigenvalue weighted by molar-refractivity contribution is 6.30. The molecule has 1 aliphatic heterocycles. The van der Waals surface area contributed by atoms with Crippen LogP contribution in [0.5, 0.6) is 11.5 Å². The molecule has 1 saturated heterocycles. The molecule has 2 amide bonds. The molecule has 38 heavy (non-hydrogen) atoms. The van der Waals surface area contributed by atoms with Crippen LogP contribution in [-0.4, -0.2) is 66.8 Å². The van der Waals surface area contributed by atoms with Crippen LogP contribution in [0.15, 0.2) is 78.9 Å². The lowest BCUT2D eigenvalue weighted by atomic mass is 10.2. The summed E-state index contributed by atoms with van der Waals surface area (Å²) in [4.78, 5) is 26.4. The third-order valence-corrected chi connectivity index (χ3v) is 6.17. The van der Waals surface area contributed by atoms with Crippen LogP contribution in [0.4, 0.5) is 5.69 Å². The van der Waals surface area contributed by atoms with E-state index in [9.17, 15) is 14.7 Å². The van der Waals surface area contributed by atoms with Gasteiger partial charge in [0.05, 0.1) is 12.2 Å². The van der Waals surface area contributed by atoms with Gasteiger partial charge in [0.15, 0.2) is 0 Å². The van der Waals surface area contributed by atoms with E-state index in [1.54, 1.807) is 60.7 Å². The van der Waals surface area contributed by atoms with Crippen molar-refractivity contribution < 1.29 is 24.2 Å². The van der Waals surface area contributed by atoms with Gasteiger partial charge in [-0.05, 0) is 55.0 Å². The number of nitrogens with zero attached hydrogens (tertiary/aromatic N) is 1. The van der Waals surface area contributed by atoms with E-state index in [0.717, 1.165) is 18.7 Å². The Labute approximate surface area is 226 Å². The van der Waals surface area contributed by atoms with Gasteiger partial charge in [0.2, 0.25) is 0 Å². The van der Waals surface area contributed by atoms with Gasteiger partial charge in [0.25, 0.3) is 11.8 Å². The van der Waals surface area contributed by atoms with E-state index in [1.807, 2.05) is 18.2 Å². The van der Waals surface area contributed by atoms with E-state index in [1.165, 1.54) is 0 Å². The minimum atomic E-state index is -0.708. The van der Waals surface area contributed by atoms with E-state index in [0.29, 0.717) is 35.1 Å². The van der Waals surface area contributed by atoms with Crippen LogP contribution in [0.2, 0.25) is 5.02 Å². The lowest BCUT2D eigenvalue weighted by Crippen LogP contribution is -2.39. The molecule has 1 fully saturated rings. The quantitative estimate of drug-likeness (QED) is 0.262. The van der Waals surface area contributed by atoms with Crippen molar-refractivity contribution in [2.75, 3.05) is 38.2 Å². The lowest BCUT2D eigenvalue weighted by molar-refractivity contribution is -0.119. The molecule has 10 heteroatoms. The molecule has 3 aromatic rings. The van der Waals surface area contributed by atoms with E-state index < -0.39 is 12.0 Å². The number of hydrogen-bond acceptors (Lipinski definition) is 7. The Morgan fingerprint density at radius 1 is 1.03 bits per heavy atom. The van der Waals surface area contributed by atoms with Gasteiger partial charge in [0, 0.05) is 30.2 Å². The van der Waals surface area contributed by atoms with E-state index >= 15 is 0 Å². The normalized spacial score (nSPS) is 15.9. The van der Waals surface area contributed by atoms with Crippen molar-refractivity contribution in [3.05, 3.63) is 89.4 Å². The van der Waals surface area contributed by atoms with Gasteiger partial charge in [-0.1, -0.05) is 41.9 Å². The number of anilines is 1. The number of nitrogens with one attached hydrogen (secondary N) is 3. The first-order valence-corrected chi connectivity index (χ1v) is 12.8. The minimum absolute atomic E-state index is 0.0512. The molecule has 0 spiro atoms. The second kappa shape index (κ2) is 13.7. The van der Waals surface area contributed by atoms with E-state index in [-0.39, 0.29) is 25.2 Å². The number of ether oxygens (including phenoxy) is 2. The van der Waals surface area contributed by atoms with Crippen molar-refractivity contribution in [2.24, 2.45) is 0 Å². The van der Waals surface area contributed by atoms with Crippen LogP contribution in [0.25, 0.3) is 0 Å². The first-order chi connectivity index (χ1) is 18.5. The molecule has 2 atom stereocenters. The van der Waals surface area contributed by atoms with Crippen molar-refractivity contribution in [1.82, 2.24) is 15.6 Å². The van der Waals surface area contributed by atoms with Crippen LogP contribution in [0.1, 0.15) is 16.8 Å². The molecule has 2 unspecified atom stereocenters. The number of likely N-dealkylation sites (tertiary alicyclic amines) is 1. The average molecular weight is 539 g/mol. The summed E-state index contributed by atoms with van der Waals surface area (Å²) >= 11 is 5.93. The molecule has 0 radical (unpaired) electrons. The predicted molar refractivity (Wildman–Crippen MR) is 145 cm³/mol. The van der Waals surface area contributed by atoms with Crippen molar-refractivity contribution >= 4 is 29.1 Å². The zero-order chi connectivity index (χ0) is 26.7. The number of carbonyl (C=O) groups excluding carboxylic acids is 2. The topological polar surface area (TPSA) is 112 Å². The van der Waals surface area contributed by atoms with Crippen LogP contribution < -0.4 is 25.6 Å². The molecule has 0 bridgehead atoms. The zero-order valence-corrected chi connectivity index (χ0v) is 21.6.